The molecule has 26 heavy (non-hydrogen) atoms. The number of carbonyl (C=O) groups is 1. The van der Waals surface area contributed by atoms with Crippen molar-refractivity contribution in [2.24, 2.45) is 0 Å². The average molecular weight is 366 g/mol. The molecule has 5 heteroatoms. The van der Waals surface area contributed by atoms with Gasteiger partial charge in [-0.1, -0.05) is 64.7 Å². The van der Waals surface area contributed by atoms with Crippen LogP contribution in [0.1, 0.15) is 78.1 Å². The highest BCUT2D eigenvalue weighted by Gasteiger charge is 2.11. The minimum absolute atomic E-state index is 0.328. The van der Waals surface area contributed by atoms with Gasteiger partial charge >= 0.3 is 6.16 Å². The molecule has 1 rings (SSSR count). The van der Waals surface area contributed by atoms with E-state index in [1.165, 1.54) is 51.4 Å². The Kier molecular flexibility index (Phi) is 12.2. The zero-order valence-electron chi connectivity index (χ0n) is 16.4. The molecule has 0 aromatic heterocycles. The van der Waals surface area contributed by atoms with E-state index in [2.05, 4.69) is 6.92 Å². The summed E-state index contributed by atoms with van der Waals surface area (Å²) in [6.07, 6.45) is 11.7. The van der Waals surface area contributed by atoms with E-state index in [9.17, 15) is 4.79 Å². The molecule has 0 aliphatic carbocycles. The van der Waals surface area contributed by atoms with Gasteiger partial charge in [-0.05, 0) is 25.5 Å². The molecule has 0 spiro atoms. The molecular weight excluding hydrogens is 330 g/mol. The highest BCUT2D eigenvalue weighted by atomic mass is 16.7. The Morgan fingerprint density at radius 3 is 2.12 bits per heavy atom. The third kappa shape index (κ3) is 10.2. The van der Waals surface area contributed by atoms with Gasteiger partial charge in [-0.2, -0.15) is 0 Å². The van der Waals surface area contributed by atoms with Gasteiger partial charge < -0.3 is 19.9 Å². The number of benzene rings is 1. The Labute approximate surface area is 158 Å². The van der Waals surface area contributed by atoms with Crippen LogP contribution in [0.3, 0.4) is 0 Å². The second-order valence-corrected chi connectivity index (χ2v) is 6.52. The van der Waals surface area contributed by atoms with Crippen LogP contribution in [0.25, 0.3) is 0 Å². The summed E-state index contributed by atoms with van der Waals surface area (Å²) in [7, 11) is 0. The standard InChI is InChI=1S/C21H35NO4/c1-3-5-6-7-8-9-10-11-12-13-16-25-21(23)26-19-15-14-18(22)17-20(19)24-4-2/h14-15,17H,3-13,16,22H2,1-2H3. The van der Waals surface area contributed by atoms with E-state index in [4.69, 9.17) is 19.9 Å². The lowest BCUT2D eigenvalue weighted by Crippen LogP contribution is -2.12. The largest absolute Gasteiger partial charge is 0.513 e. The maximum atomic E-state index is 11.8. The lowest BCUT2D eigenvalue weighted by molar-refractivity contribution is 0.0958. The van der Waals surface area contributed by atoms with Gasteiger partial charge in [0.15, 0.2) is 11.5 Å². The van der Waals surface area contributed by atoms with Gasteiger partial charge in [-0.15, -0.1) is 0 Å². The van der Waals surface area contributed by atoms with Crippen LogP contribution >= 0.6 is 0 Å². The third-order valence-corrected chi connectivity index (χ3v) is 4.18. The minimum atomic E-state index is -0.702. The SMILES string of the molecule is CCCCCCCCCCCCOC(=O)Oc1ccc(N)cc1OCC. The van der Waals surface area contributed by atoms with Crippen molar-refractivity contribution in [2.75, 3.05) is 18.9 Å². The van der Waals surface area contributed by atoms with E-state index < -0.39 is 6.16 Å². The van der Waals surface area contributed by atoms with Gasteiger partial charge in [0, 0.05) is 11.8 Å². The van der Waals surface area contributed by atoms with Crippen molar-refractivity contribution < 1.29 is 19.0 Å². The molecule has 0 bridgehead atoms. The second-order valence-electron chi connectivity index (χ2n) is 6.52. The highest BCUT2D eigenvalue weighted by molar-refractivity contribution is 5.66. The highest BCUT2D eigenvalue weighted by Crippen LogP contribution is 2.29. The van der Waals surface area contributed by atoms with Gasteiger partial charge in [0.25, 0.3) is 0 Å². The Hall–Kier alpha value is -1.91. The maximum absolute atomic E-state index is 11.8. The molecule has 1 aromatic rings. The first-order valence-corrected chi connectivity index (χ1v) is 10.0. The number of hydrogen-bond donors (Lipinski definition) is 1. The number of rotatable bonds is 14. The Bertz CT molecular complexity index is 505. The number of carbonyl (C=O) groups excluding carboxylic acids is 1. The van der Waals surface area contributed by atoms with Crippen molar-refractivity contribution >= 4 is 11.8 Å². The summed E-state index contributed by atoms with van der Waals surface area (Å²) in [6.45, 7) is 4.95. The van der Waals surface area contributed by atoms with Gasteiger partial charge in [0.1, 0.15) is 0 Å². The molecule has 0 aliphatic rings. The van der Waals surface area contributed by atoms with Crippen LogP contribution < -0.4 is 15.2 Å². The van der Waals surface area contributed by atoms with Gasteiger partial charge in [0.05, 0.1) is 13.2 Å². The first-order valence-electron chi connectivity index (χ1n) is 10.0. The number of anilines is 1. The molecule has 0 aliphatic heterocycles. The normalized spacial score (nSPS) is 10.5. The maximum Gasteiger partial charge on any atom is 0.513 e. The summed E-state index contributed by atoms with van der Waals surface area (Å²) < 4.78 is 15.8. The number of hydrogen-bond acceptors (Lipinski definition) is 5. The van der Waals surface area contributed by atoms with E-state index in [0.717, 1.165) is 12.8 Å². The fourth-order valence-corrected chi connectivity index (χ4v) is 2.74. The summed E-state index contributed by atoms with van der Waals surface area (Å²) in [5.74, 6) is 0.775. The van der Waals surface area contributed by atoms with E-state index in [1.807, 2.05) is 6.92 Å². The van der Waals surface area contributed by atoms with Crippen LogP contribution in [0.15, 0.2) is 18.2 Å². The molecule has 0 heterocycles. The molecule has 5 nitrogen and oxygen atoms in total. The molecule has 0 atom stereocenters. The van der Waals surface area contributed by atoms with Crippen LogP contribution in [0.4, 0.5) is 10.5 Å². The van der Waals surface area contributed by atoms with E-state index >= 15 is 0 Å². The van der Waals surface area contributed by atoms with Crippen molar-refractivity contribution in [1.82, 2.24) is 0 Å². The summed E-state index contributed by atoms with van der Waals surface area (Å²) in [5, 5.41) is 0. The quantitative estimate of drug-likeness (QED) is 0.186. The molecule has 0 saturated carbocycles. The lowest BCUT2D eigenvalue weighted by Gasteiger charge is -2.11. The lowest BCUT2D eigenvalue weighted by atomic mass is 10.1. The van der Waals surface area contributed by atoms with Crippen molar-refractivity contribution in [2.45, 2.75) is 78.1 Å². The van der Waals surface area contributed by atoms with Crippen molar-refractivity contribution in [3.8, 4) is 11.5 Å². The molecule has 2 N–H and O–H groups in total. The van der Waals surface area contributed by atoms with Gasteiger partial charge in [-0.3, -0.25) is 0 Å². The molecule has 148 valence electrons. The third-order valence-electron chi connectivity index (χ3n) is 4.18. The predicted octanol–water partition coefficient (Wildman–Crippen LogP) is 6.10. The zero-order valence-corrected chi connectivity index (χ0v) is 16.4. The second kappa shape index (κ2) is 14.3. The summed E-state index contributed by atoms with van der Waals surface area (Å²) in [5.41, 5.74) is 6.27. The van der Waals surface area contributed by atoms with Crippen LogP contribution in [0.5, 0.6) is 11.5 Å². The van der Waals surface area contributed by atoms with E-state index in [-0.39, 0.29) is 0 Å². The number of nitrogens with two attached hydrogens (primary N) is 1. The summed E-state index contributed by atoms with van der Waals surface area (Å²) in [6, 6.07) is 4.91. The fraction of sp³-hybridized carbons (Fsp3) is 0.667. The molecule has 0 unspecified atom stereocenters. The van der Waals surface area contributed by atoms with Crippen LogP contribution in [0, 0.1) is 0 Å². The Morgan fingerprint density at radius 2 is 1.50 bits per heavy atom. The first kappa shape index (κ1) is 22.1. The molecular formula is C21H35NO4. The number of ether oxygens (including phenoxy) is 3. The minimum Gasteiger partial charge on any atom is -0.490 e. The molecule has 0 radical (unpaired) electrons. The van der Waals surface area contributed by atoms with Crippen molar-refractivity contribution in [3.63, 3.8) is 0 Å². The van der Waals surface area contributed by atoms with Crippen LogP contribution in [-0.2, 0) is 4.74 Å². The first-order chi connectivity index (χ1) is 12.7. The molecule has 0 saturated heterocycles. The Morgan fingerprint density at radius 1 is 0.885 bits per heavy atom. The van der Waals surface area contributed by atoms with Gasteiger partial charge in [-0.25, -0.2) is 4.79 Å². The van der Waals surface area contributed by atoms with Crippen LogP contribution in [-0.4, -0.2) is 19.4 Å². The topological polar surface area (TPSA) is 70.8 Å². The number of unbranched alkanes of at least 4 members (excludes halogenated alkanes) is 9. The number of nitrogen functional groups attached to an aromatic ring is 1. The monoisotopic (exact) mass is 365 g/mol. The van der Waals surface area contributed by atoms with E-state index in [1.54, 1.807) is 18.2 Å². The summed E-state index contributed by atoms with van der Waals surface area (Å²) >= 11 is 0. The zero-order chi connectivity index (χ0) is 19.0. The molecule has 1 aromatic carbocycles. The van der Waals surface area contributed by atoms with Crippen molar-refractivity contribution in [1.29, 1.82) is 0 Å². The van der Waals surface area contributed by atoms with Crippen LogP contribution in [0.2, 0.25) is 0 Å². The fourth-order valence-electron chi connectivity index (χ4n) is 2.74. The predicted molar refractivity (Wildman–Crippen MR) is 106 cm³/mol. The van der Waals surface area contributed by atoms with E-state index in [0.29, 0.717) is 30.4 Å². The molecule has 0 fully saturated rings. The smallest absolute Gasteiger partial charge is 0.490 e. The Balaban J connectivity index is 2.09. The van der Waals surface area contributed by atoms with Gasteiger partial charge in [0.2, 0.25) is 0 Å². The van der Waals surface area contributed by atoms with Crippen molar-refractivity contribution in [3.05, 3.63) is 18.2 Å². The average Bonchev–Trinajstić information content (AvgIpc) is 2.62. The summed E-state index contributed by atoms with van der Waals surface area (Å²) in [4.78, 5) is 11.8. The molecule has 0 amide bonds.